The normalized spacial score (nSPS) is 11.2. The lowest BCUT2D eigenvalue weighted by Crippen LogP contribution is -2.03. The number of halogens is 1. The summed E-state index contributed by atoms with van der Waals surface area (Å²) in [5.41, 5.74) is 2.81. The molecule has 4 heterocycles. The van der Waals surface area contributed by atoms with Gasteiger partial charge in [-0.25, -0.2) is 14.4 Å². The summed E-state index contributed by atoms with van der Waals surface area (Å²) in [5, 5.41) is 3.17. The summed E-state index contributed by atoms with van der Waals surface area (Å²) in [6, 6.07) is 11.8. The Kier molecular flexibility index (Phi) is 4.09. The minimum Gasteiger partial charge on any atom is -0.465 e. The fraction of sp³-hybridized carbons (Fsp3) is 0.0952. The Morgan fingerprint density at radius 1 is 1.07 bits per heavy atom. The molecule has 0 aliphatic carbocycles. The number of hydrogen-bond donors (Lipinski definition) is 1. The van der Waals surface area contributed by atoms with Gasteiger partial charge < -0.3 is 14.2 Å². The van der Waals surface area contributed by atoms with Crippen LogP contribution in [0.25, 0.3) is 28.5 Å². The quantitative estimate of drug-likeness (QED) is 0.469. The highest BCUT2D eigenvalue weighted by Crippen LogP contribution is 2.32. The highest BCUT2D eigenvalue weighted by molar-refractivity contribution is 5.79. The molecule has 5 aromatic rings. The van der Waals surface area contributed by atoms with Crippen molar-refractivity contribution < 1.29 is 13.2 Å². The molecule has 5 rings (SSSR count). The van der Waals surface area contributed by atoms with Crippen molar-refractivity contribution in [2.45, 2.75) is 13.5 Å². The average Bonchev–Trinajstić information content (AvgIpc) is 3.43. The summed E-state index contributed by atoms with van der Waals surface area (Å²) in [7, 11) is 0. The molecular formula is C21H16FN5O2. The Morgan fingerprint density at radius 2 is 1.93 bits per heavy atom. The van der Waals surface area contributed by atoms with Crippen LogP contribution in [0.1, 0.15) is 11.5 Å². The second-order valence-electron chi connectivity index (χ2n) is 6.50. The van der Waals surface area contributed by atoms with E-state index in [4.69, 9.17) is 8.83 Å². The lowest BCUT2D eigenvalue weighted by molar-refractivity contribution is 0.490. The predicted octanol–water partition coefficient (Wildman–Crippen LogP) is 4.70. The number of anilines is 1. The molecular weight excluding hydrogens is 373 g/mol. The van der Waals surface area contributed by atoms with Crippen LogP contribution in [-0.2, 0) is 6.54 Å². The first-order valence-electron chi connectivity index (χ1n) is 9.01. The van der Waals surface area contributed by atoms with Crippen LogP contribution in [0.15, 0.2) is 70.0 Å². The standard InChI is InChI=1S/C21H16FN5O2/c1-13-2-7-16(29-13)12-24-20-23-9-8-17(25-20)19-18(14-3-5-15(22)6-4-14)26-21-27(19)10-11-28-21/h2-11H,12H2,1H3,(H,23,24,25). The van der Waals surface area contributed by atoms with Gasteiger partial charge >= 0.3 is 5.84 Å². The van der Waals surface area contributed by atoms with E-state index in [2.05, 4.69) is 20.3 Å². The molecule has 0 saturated carbocycles. The minimum absolute atomic E-state index is 0.306. The van der Waals surface area contributed by atoms with E-state index >= 15 is 0 Å². The number of oxazole rings is 1. The Hall–Kier alpha value is -3.94. The third kappa shape index (κ3) is 3.25. The Morgan fingerprint density at radius 3 is 2.72 bits per heavy atom. The van der Waals surface area contributed by atoms with Crippen molar-refractivity contribution in [1.82, 2.24) is 19.4 Å². The molecule has 0 aliphatic heterocycles. The van der Waals surface area contributed by atoms with Gasteiger partial charge in [0, 0.05) is 18.0 Å². The summed E-state index contributed by atoms with van der Waals surface area (Å²) >= 11 is 0. The van der Waals surface area contributed by atoms with Crippen molar-refractivity contribution in [3.63, 3.8) is 0 Å². The van der Waals surface area contributed by atoms with E-state index in [0.717, 1.165) is 22.8 Å². The van der Waals surface area contributed by atoms with Crippen molar-refractivity contribution in [2.75, 3.05) is 5.32 Å². The third-order valence-corrected chi connectivity index (χ3v) is 4.49. The van der Waals surface area contributed by atoms with Gasteiger partial charge in [0.05, 0.1) is 12.2 Å². The van der Waals surface area contributed by atoms with Crippen LogP contribution < -0.4 is 5.32 Å². The van der Waals surface area contributed by atoms with Gasteiger partial charge in [0.1, 0.15) is 35.0 Å². The number of nitrogens with one attached hydrogen (secondary N) is 1. The van der Waals surface area contributed by atoms with Gasteiger partial charge in [-0.05, 0) is 49.4 Å². The summed E-state index contributed by atoms with van der Waals surface area (Å²) in [6.45, 7) is 2.36. The predicted molar refractivity (Wildman–Crippen MR) is 105 cm³/mol. The maximum atomic E-state index is 13.4. The monoisotopic (exact) mass is 389 g/mol. The van der Waals surface area contributed by atoms with Gasteiger partial charge in [-0.1, -0.05) is 0 Å². The first kappa shape index (κ1) is 17.2. The van der Waals surface area contributed by atoms with Gasteiger partial charge in [0.2, 0.25) is 5.95 Å². The Bertz CT molecular complexity index is 1290. The molecule has 0 amide bonds. The maximum absolute atomic E-state index is 13.4. The molecule has 0 spiro atoms. The SMILES string of the molecule is Cc1ccc(CNc2nccc(-c3c(-c4ccc(F)cc4)nc4occn34)n2)o1. The number of benzene rings is 1. The van der Waals surface area contributed by atoms with Crippen molar-refractivity contribution in [3.8, 4) is 22.6 Å². The second kappa shape index (κ2) is 6.90. The van der Waals surface area contributed by atoms with E-state index in [9.17, 15) is 4.39 Å². The zero-order valence-electron chi connectivity index (χ0n) is 15.5. The Balaban J connectivity index is 1.54. The van der Waals surface area contributed by atoms with Crippen molar-refractivity contribution in [3.05, 3.63) is 78.5 Å². The van der Waals surface area contributed by atoms with Gasteiger partial charge in [-0.3, -0.25) is 4.40 Å². The number of hydrogen-bond acceptors (Lipinski definition) is 6. The smallest absolute Gasteiger partial charge is 0.306 e. The number of nitrogens with zero attached hydrogens (tertiary/aromatic N) is 4. The molecule has 0 bridgehead atoms. The number of furan rings is 1. The topological polar surface area (TPSA) is 81.4 Å². The van der Waals surface area contributed by atoms with Crippen LogP contribution in [0.3, 0.4) is 0 Å². The summed E-state index contributed by atoms with van der Waals surface area (Å²) in [6.07, 6.45) is 5.00. The van der Waals surface area contributed by atoms with Gasteiger partial charge in [0.15, 0.2) is 0 Å². The molecule has 0 atom stereocenters. The zero-order valence-corrected chi connectivity index (χ0v) is 15.5. The summed E-state index contributed by atoms with van der Waals surface area (Å²) in [5.74, 6) is 2.23. The van der Waals surface area contributed by atoms with Crippen LogP contribution >= 0.6 is 0 Å². The van der Waals surface area contributed by atoms with Gasteiger partial charge in [0.25, 0.3) is 0 Å². The second-order valence-corrected chi connectivity index (χ2v) is 6.50. The van der Waals surface area contributed by atoms with E-state index < -0.39 is 0 Å². The maximum Gasteiger partial charge on any atom is 0.306 e. The highest BCUT2D eigenvalue weighted by Gasteiger charge is 2.19. The molecule has 8 heteroatoms. The molecule has 144 valence electrons. The minimum atomic E-state index is -0.306. The molecule has 0 saturated heterocycles. The molecule has 0 fully saturated rings. The van der Waals surface area contributed by atoms with Crippen LogP contribution in [0.2, 0.25) is 0 Å². The molecule has 0 unspecified atom stereocenters. The van der Waals surface area contributed by atoms with E-state index in [-0.39, 0.29) is 5.82 Å². The lowest BCUT2D eigenvalue weighted by Gasteiger charge is -2.07. The van der Waals surface area contributed by atoms with Crippen molar-refractivity contribution >= 4 is 11.8 Å². The number of imidazole rings is 1. The highest BCUT2D eigenvalue weighted by atomic mass is 19.1. The van der Waals surface area contributed by atoms with Crippen LogP contribution in [0.4, 0.5) is 10.3 Å². The molecule has 7 nitrogen and oxygen atoms in total. The van der Waals surface area contributed by atoms with Crippen molar-refractivity contribution in [1.29, 1.82) is 0 Å². The molecule has 29 heavy (non-hydrogen) atoms. The summed E-state index contributed by atoms with van der Waals surface area (Å²) < 4.78 is 26.2. The van der Waals surface area contributed by atoms with E-state index in [1.165, 1.54) is 12.1 Å². The first-order valence-corrected chi connectivity index (χ1v) is 9.01. The van der Waals surface area contributed by atoms with Gasteiger partial charge in [-0.15, -0.1) is 0 Å². The van der Waals surface area contributed by atoms with Crippen LogP contribution in [0.5, 0.6) is 0 Å². The molecule has 0 aliphatic rings. The number of fused-ring (bicyclic) bond motifs is 1. The Labute approximate surface area is 164 Å². The number of aryl methyl sites for hydroxylation is 1. The zero-order chi connectivity index (χ0) is 19.8. The fourth-order valence-corrected chi connectivity index (χ4v) is 3.16. The van der Waals surface area contributed by atoms with Crippen LogP contribution in [-0.4, -0.2) is 19.4 Å². The first-order chi connectivity index (χ1) is 14.2. The molecule has 1 aromatic carbocycles. The fourth-order valence-electron chi connectivity index (χ4n) is 3.16. The number of rotatable bonds is 5. The molecule has 4 aromatic heterocycles. The average molecular weight is 389 g/mol. The van der Waals surface area contributed by atoms with Crippen LogP contribution in [0, 0.1) is 12.7 Å². The van der Waals surface area contributed by atoms with E-state index in [1.807, 2.05) is 19.1 Å². The number of aromatic nitrogens is 4. The summed E-state index contributed by atoms with van der Waals surface area (Å²) in [4.78, 5) is 13.5. The van der Waals surface area contributed by atoms with Crippen molar-refractivity contribution in [2.24, 2.45) is 0 Å². The molecule has 0 radical (unpaired) electrons. The van der Waals surface area contributed by atoms with E-state index in [1.54, 1.807) is 41.3 Å². The lowest BCUT2D eigenvalue weighted by atomic mass is 10.1. The van der Waals surface area contributed by atoms with E-state index in [0.29, 0.717) is 29.7 Å². The third-order valence-electron chi connectivity index (χ3n) is 4.49. The molecule has 1 N–H and O–H groups in total. The van der Waals surface area contributed by atoms with Gasteiger partial charge in [-0.2, -0.15) is 4.98 Å². The largest absolute Gasteiger partial charge is 0.465 e.